The van der Waals surface area contributed by atoms with E-state index in [-0.39, 0.29) is 0 Å². The van der Waals surface area contributed by atoms with Gasteiger partial charge in [-0.3, -0.25) is 0 Å². The fourth-order valence-electron chi connectivity index (χ4n) is 6.39. The van der Waals surface area contributed by atoms with Crippen molar-refractivity contribution < 1.29 is 15.3 Å². The molecule has 3 saturated carbocycles. The highest BCUT2D eigenvalue weighted by Gasteiger charge is 2.50. The number of aliphatic hydroxyl groups is 3. The maximum absolute atomic E-state index is 10.00. The maximum Gasteiger partial charge on any atom is 0.0602 e. The lowest BCUT2D eigenvalue weighted by Gasteiger charge is -2.44. The molecule has 166 valence electrons. The molecule has 4 heteroatoms. The Morgan fingerprint density at radius 2 is 1.86 bits per heavy atom. The van der Waals surface area contributed by atoms with Gasteiger partial charge >= 0.3 is 0 Å². The van der Waals surface area contributed by atoms with Gasteiger partial charge in [0.25, 0.3) is 0 Å². The number of aliphatic hydroxyl groups excluding tert-OH is 2. The summed E-state index contributed by atoms with van der Waals surface area (Å²) in [5.41, 5.74) is 2.50. The summed E-state index contributed by atoms with van der Waals surface area (Å²) in [6, 6.07) is 0. The molecule has 3 fully saturated rings. The standard InChI is InChI=1S/C25H42O3S/c1-24(2,28)12-5-7-23(29)22-11-10-21-18(6-4-13-25(21,22)3)9-8-17-14-19(26)16-20(27)15-17/h8-9,19-23,26-29H,4-7,10-16H2,1-3H3/b18-9+/t19-,20-,21+,22-,23-,25+/m1/s1. The van der Waals surface area contributed by atoms with Crippen LogP contribution in [0.1, 0.15) is 91.4 Å². The third kappa shape index (κ3) is 5.90. The van der Waals surface area contributed by atoms with Gasteiger partial charge < -0.3 is 15.3 Å². The van der Waals surface area contributed by atoms with Crippen molar-refractivity contribution in [2.45, 2.75) is 114 Å². The molecule has 29 heavy (non-hydrogen) atoms. The van der Waals surface area contributed by atoms with Crippen LogP contribution in [0.4, 0.5) is 0 Å². The highest BCUT2D eigenvalue weighted by atomic mass is 32.1. The molecule has 3 aliphatic carbocycles. The predicted octanol–water partition coefficient (Wildman–Crippen LogP) is 5.20. The van der Waals surface area contributed by atoms with Crippen molar-refractivity contribution in [1.29, 1.82) is 0 Å². The Bertz CT molecular complexity index is 608. The maximum atomic E-state index is 10.00. The number of allylic oxidation sites excluding steroid dienone is 3. The van der Waals surface area contributed by atoms with Gasteiger partial charge in [0.15, 0.2) is 0 Å². The van der Waals surface area contributed by atoms with Crippen molar-refractivity contribution in [2.75, 3.05) is 0 Å². The van der Waals surface area contributed by atoms with E-state index in [1.807, 2.05) is 13.8 Å². The second-order valence-electron chi connectivity index (χ2n) is 10.9. The Hall–Kier alpha value is -0.290. The largest absolute Gasteiger partial charge is 0.393 e. The second kappa shape index (κ2) is 9.46. The molecule has 0 aromatic heterocycles. The van der Waals surface area contributed by atoms with E-state index >= 15 is 0 Å². The van der Waals surface area contributed by atoms with E-state index in [4.69, 9.17) is 12.6 Å². The molecule has 3 N–H and O–H groups in total. The van der Waals surface area contributed by atoms with Gasteiger partial charge in [0.1, 0.15) is 0 Å². The van der Waals surface area contributed by atoms with Crippen LogP contribution in [0, 0.1) is 17.3 Å². The molecule has 0 spiro atoms. The molecule has 0 bridgehead atoms. The van der Waals surface area contributed by atoms with Gasteiger partial charge in [0.05, 0.1) is 17.8 Å². The first-order valence-corrected chi connectivity index (χ1v) is 12.3. The van der Waals surface area contributed by atoms with Crippen LogP contribution in [-0.2, 0) is 0 Å². The van der Waals surface area contributed by atoms with Crippen molar-refractivity contribution in [3.05, 3.63) is 23.3 Å². The lowest BCUT2D eigenvalue weighted by molar-refractivity contribution is 0.0608. The van der Waals surface area contributed by atoms with Crippen LogP contribution in [0.5, 0.6) is 0 Å². The number of fused-ring (bicyclic) bond motifs is 1. The average Bonchev–Trinajstić information content (AvgIpc) is 2.95. The molecule has 3 nitrogen and oxygen atoms in total. The smallest absolute Gasteiger partial charge is 0.0602 e. The first-order valence-electron chi connectivity index (χ1n) is 11.7. The van der Waals surface area contributed by atoms with Crippen LogP contribution in [0.15, 0.2) is 23.3 Å². The van der Waals surface area contributed by atoms with Crippen LogP contribution >= 0.6 is 12.6 Å². The van der Waals surface area contributed by atoms with E-state index in [0.717, 1.165) is 19.3 Å². The number of rotatable bonds is 6. The van der Waals surface area contributed by atoms with E-state index in [1.54, 1.807) is 5.57 Å². The molecule has 3 rings (SSSR count). The minimum atomic E-state index is -0.579. The van der Waals surface area contributed by atoms with Gasteiger partial charge in [-0.15, -0.1) is 0 Å². The monoisotopic (exact) mass is 422 g/mol. The minimum absolute atomic E-state index is 0.329. The summed E-state index contributed by atoms with van der Waals surface area (Å²) in [5, 5.41) is 30.3. The van der Waals surface area contributed by atoms with Gasteiger partial charge in [0, 0.05) is 5.25 Å². The van der Waals surface area contributed by atoms with Gasteiger partial charge in [-0.25, -0.2) is 0 Å². The molecular weight excluding hydrogens is 380 g/mol. The lowest BCUT2D eigenvalue weighted by Crippen LogP contribution is -2.37. The average molecular weight is 423 g/mol. The topological polar surface area (TPSA) is 60.7 Å². The summed E-state index contributed by atoms with van der Waals surface area (Å²) in [4.78, 5) is 0. The summed E-state index contributed by atoms with van der Waals surface area (Å²) < 4.78 is 0. The Morgan fingerprint density at radius 3 is 2.52 bits per heavy atom. The predicted molar refractivity (Wildman–Crippen MR) is 123 cm³/mol. The molecule has 0 aromatic carbocycles. The fourth-order valence-corrected chi connectivity index (χ4v) is 7.06. The Labute approximate surface area is 183 Å². The summed E-state index contributed by atoms with van der Waals surface area (Å²) in [5.74, 6) is 1.28. The minimum Gasteiger partial charge on any atom is -0.393 e. The molecule has 0 amide bonds. The van der Waals surface area contributed by atoms with Crippen LogP contribution in [-0.4, -0.2) is 38.4 Å². The zero-order chi connectivity index (χ0) is 21.2. The van der Waals surface area contributed by atoms with E-state index in [9.17, 15) is 15.3 Å². The lowest BCUT2D eigenvalue weighted by atomic mass is 9.62. The molecule has 0 saturated heterocycles. The number of hydrogen-bond acceptors (Lipinski definition) is 4. The summed E-state index contributed by atoms with van der Waals surface area (Å²) >= 11 is 5.04. The molecule has 0 aromatic rings. The first kappa shape index (κ1) is 23.4. The molecule has 3 aliphatic rings. The number of hydrogen-bond donors (Lipinski definition) is 4. The zero-order valence-corrected chi connectivity index (χ0v) is 19.5. The van der Waals surface area contributed by atoms with Gasteiger partial charge in [0.2, 0.25) is 0 Å². The highest BCUT2D eigenvalue weighted by Crippen LogP contribution is 2.59. The SMILES string of the molecule is CC(C)(O)CCC[C@@H](S)[C@H]1CC[C@H]2/C(=C/C=C3C[C@@H](O)C[C@H](O)C3)CCC[C@]12C. The normalized spacial score (nSPS) is 38.2. The van der Waals surface area contributed by atoms with Crippen molar-refractivity contribution >= 4 is 12.6 Å². The van der Waals surface area contributed by atoms with Crippen molar-refractivity contribution in [3.63, 3.8) is 0 Å². The summed E-state index contributed by atoms with van der Waals surface area (Å²) in [6.07, 6.45) is 14.8. The molecule has 0 unspecified atom stereocenters. The fraction of sp³-hybridized carbons (Fsp3) is 0.840. The molecule has 0 aliphatic heterocycles. The Kier molecular flexibility index (Phi) is 7.63. The summed E-state index contributed by atoms with van der Waals surface area (Å²) in [6.45, 7) is 6.28. The number of thiol groups is 1. The third-order valence-corrected chi connectivity index (χ3v) is 8.48. The van der Waals surface area contributed by atoms with Gasteiger partial charge in [-0.1, -0.05) is 30.2 Å². The first-order chi connectivity index (χ1) is 13.6. The highest BCUT2D eigenvalue weighted by molar-refractivity contribution is 7.81. The van der Waals surface area contributed by atoms with Crippen molar-refractivity contribution in [2.24, 2.45) is 17.3 Å². The molecule has 0 radical (unpaired) electrons. The second-order valence-corrected chi connectivity index (χ2v) is 11.5. The molecule has 6 atom stereocenters. The van der Waals surface area contributed by atoms with Crippen LogP contribution in [0.25, 0.3) is 0 Å². The van der Waals surface area contributed by atoms with Crippen LogP contribution < -0.4 is 0 Å². The van der Waals surface area contributed by atoms with Crippen molar-refractivity contribution in [3.8, 4) is 0 Å². The van der Waals surface area contributed by atoms with Crippen LogP contribution in [0.2, 0.25) is 0 Å². The molecule has 0 heterocycles. The quantitative estimate of drug-likeness (QED) is 0.445. The van der Waals surface area contributed by atoms with E-state index in [0.29, 0.717) is 41.8 Å². The van der Waals surface area contributed by atoms with E-state index < -0.39 is 17.8 Å². The Morgan fingerprint density at radius 1 is 1.17 bits per heavy atom. The van der Waals surface area contributed by atoms with Gasteiger partial charge in [-0.2, -0.15) is 12.6 Å². The van der Waals surface area contributed by atoms with E-state index in [1.165, 1.54) is 37.7 Å². The van der Waals surface area contributed by atoms with Crippen molar-refractivity contribution in [1.82, 2.24) is 0 Å². The Balaban J connectivity index is 1.66. The van der Waals surface area contributed by atoms with Crippen LogP contribution in [0.3, 0.4) is 0 Å². The van der Waals surface area contributed by atoms with E-state index in [2.05, 4.69) is 19.1 Å². The zero-order valence-electron chi connectivity index (χ0n) is 18.6. The summed E-state index contributed by atoms with van der Waals surface area (Å²) in [7, 11) is 0. The molecular formula is C25H42O3S. The third-order valence-electron chi connectivity index (χ3n) is 7.86. The van der Waals surface area contributed by atoms with Gasteiger partial charge in [-0.05, 0) is 102 Å².